The molecule has 1 unspecified atom stereocenters. The number of benzene rings is 1. The van der Waals surface area contributed by atoms with E-state index in [1.54, 1.807) is 19.2 Å². The van der Waals surface area contributed by atoms with Gasteiger partial charge in [-0.05, 0) is 56.6 Å². The fourth-order valence-corrected chi connectivity index (χ4v) is 4.79. The van der Waals surface area contributed by atoms with Gasteiger partial charge in [0.15, 0.2) is 0 Å². The van der Waals surface area contributed by atoms with Gasteiger partial charge in [0.25, 0.3) is 5.91 Å². The molecule has 1 N–H and O–H groups in total. The van der Waals surface area contributed by atoms with Crippen LogP contribution in [0.3, 0.4) is 0 Å². The van der Waals surface area contributed by atoms with Crippen LogP contribution in [0, 0.1) is 0 Å². The molecule has 0 spiro atoms. The number of halogens is 2. The lowest BCUT2D eigenvalue weighted by Gasteiger charge is -2.35. The molecule has 10 heteroatoms. The second kappa shape index (κ2) is 10.7. The molecular weight excluding hydrogens is 465 g/mol. The highest BCUT2D eigenvalue weighted by molar-refractivity contribution is 6.42. The number of likely N-dealkylation sites (tertiary alicyclic amines) is 2. The minimum absolute atomic E-state index is 0.0377. The summed E-state index contributed by atoms with van der Waals surface area (Å²) >= 11 is 11.9. The first-order chi connectivity index (χ1) is 15.9. The van der Waals surface area contributed by atoms with E-state index >= 15 is 0 Å². The fraction of sp³-hybridized carbons (Fsp3) is 0.478. The summed E-state index contributed by atoms with van der Waals surface area (Å²) in [5.74, 6) is 0.506. The van der Waals surface area contributed by atoms with E-state index in [0.29, 0.717) is 46.5 Å². The molecule has 0 radical (unpaired) electrons. The van der Waals surface area contributed by atoms with Gasteiger partial charge in [0, 0.05) is 36.7 Å². The van der Waals surface area contributed by atoms with E-state index < -0.39 is 0 Å². The highest BCUT2D eigenvalue weighted by atomic mass is 35.5. The maximum Gasteiger partial charge on any atom is 0.251 e. The average Bonchev–Trinajstić information content (AvgIpc) is 3.35. The summed E-state index contributed by atoms with van der Waals surface area (Å²) in [6.45, 7) is 3.30. The molecule has 2 amide bonds. The Labute approximate surface area is 203 Å². The van der Waals surface area contributed by atoms with Crippen molar-refractivity contribution in [3.05, 3.63) is 51.6 Å². The van der Waals surface area contributed by atoms with Crippen molar-refractivity contribution in [2.45, 2.75) is 31.2 Å². The summed E-state index contributed by atoms with van der Waals surface area (Å²) in [6, 6.07) is 8.85. The molecule has 1 aromatic carbocycles. The molecule has 2 saturated heterocycles. The van der Waals surface area contributed by atoms with Crippen LogP contribution in [0.15, 0.2) is 30.3 Å². The molecule has 0 saturated carbocycles. The zero-order valence-electron chi connectivity index (χ0n) is 18.5. The molecule has 3 heterocycles. The van der Waals surface area contributed by atoms with Gasteiger partial charge in [-0.15, -0.1) is 5.10 Å². The van der Waals surface area contributed by atoms with E-state index in [4.69, 9.17) is 27.9 Å². The zero-order valence-corrected chi connectivity index (χ0v) is 20.0. The lowest BCUT2D eigenvalue weighted by atomic mass is 9.92. The van der Waals surface area contributed by atoms with E-state index in [1.807, 2.05) is 17.0 Å². The van der Waals surface area contributed by atoms with Gasteiger partial charge >= 0.3 is 0 Å². The van der Waals surface area contributed by atoms with Gasteiger partial charge in [0.05, 0.1) is 29.4 Å². The monoisotopic (exact) mass is 491 g/mol. The molecule has 4 rings (SSSR count). The molecule has 2 fully saturated rings. The number of methoxy groups -OCH3 is 1. The Bertz CT molecular complexity index is 996. The second-order valence-corrected chi connectivity index (χ2v) is 9.22. The fourth-order valence-electron chi connectivity index (χ4n) is 4.49. The number of aromatic nitrogens is 2. The third-order valence-electron chi connectivity index (χ3n) is 6.43. The van der Waals surface area contributed by atoms with Gasteiger partial charge in [-0.3, -0.25) is 14.5 Å². The summed E-state index contributed by atoms with van der Waals surface area (Å²) in [6.07, 6.45) is 2.98. The Kier molecular flexibility index (Phi) is 7.67. The van der Waals surface area contributed by atoms with Crippen LogP contribution in [-0.2, 0) is 4.79 Å². The molecule has 0 aliphatic carbocycles. The van der Waals surface area contributed by atoms with Gasteiger partial charge in [0.1, 0.15) is 0 Å². The predicted octanol–water partition coefficient (Wildman–Crippen LogP) is 3.00. The number of rotatable bonds is 6. The van der Waals surface area contributed by atoms with Gasteiger partial charge < -0.3 is 15.0 Å². The predicted molar refractivity (Wildman–Crippen MR) is 126 cm³/mol. The summed E-state index contributed by atoms with van der Waals surface area (Å²) in [5.41, 5.74) is 1.39. The third kappa shape index (κ3) is 5.75. The summed E-state index contributed by atoms with van der Waals surface area (Å²) in [5, 5.41) is 11.8. The average molecular weight is 492 g/mol. The van der Waals surface area contributed by atoms with Gasteiger partial charge in [-0.1, -0.05) is 23.2 Å². The van der Waals surface area contributed by atoms with Crippen molar-refractivity contribution in [2.24, 2.45) is 0 Å². The van der Waals surface area contributed by atoms with Crippen molar-refractivity contribution < 1.29 is 14.3 Å². The number of nitrogens with zero attached hydrogens (tertiary/aromatic N) is 4. The van der Waals surface area contributed by atoms with Crippen molar-refractivity contribution in [2.75, 3.05) is 39.8 Å². The first-order valence-corrected chi connectivity index (χ1v) is 11.8. The Hall–Kier alpha value is -2.42. The van der Waals surface area contributed by atoms with Crippen molar-refractivity contribution in [3.8, 4) is 5.88 Å². The van der Waals surface area contributed by atoms with Crippen LogP contribution in [0.5, 0.6) is 5.88 Å². The number of hydrogen-bond donors (Lipinski definition) is 1. The van der Waals surface area contributed by atoms with Crippen LogP contribution in [-0.4, -0.2) is 77.7 Å². The van der Waals surface area contributed by atoms with Crippen LogP contribution < -0.4 is 10.1 Å². The minimum Gasteiger partial charge on any atom is -0.480 e. The van der Waals surface area contributed by atoms with E-state index in [9.17, 15) is 9.59 Å². The number of nitrogens with one attached hydrogen (secondary N) is 1. The molecule has 8 nitrogen and oxygen atoms in total. The minimum atomic E-state index is -0.346. The number of amides is 2. The molecule has 1 atom stereocenters. The number of piperidine rings is 1. The maximum atomic E-state index is 12.6. The molecule has 2 aromatic rings. The van der Waals surface area contributed by atoms with Crippen molar-refractivity contribution >= 4 is 35.0 Å². The van der Waals surface area contributed by atoms with E-state index in [-0.39, 0.29) is 18.4 Å². The Morgan fingerprint density at radius 3 is 2.52 bits per heavy atom. The Morgan fingerprint density at radius 1 is 1.06 bits per heavy atom. The first kappa shape index (κ1) is 23.7. The van der Waals surface area contributed by atoms with Crippen molar-refractivity contribution in [3.63, 3.8) is 0 Å². The van der Waals surface area contributed by atoms with Crippen LogP contribution in [0.4, 0.5) is 0 Å². The molecule has 33 heavy (non-hydrogen) atoms. The summed E-state index contributed by atoms with van der Waals surface area (Å²) < 4.78 is 5.08. The smallest absolute Gasteiger partial charge is 0.251 e. The second-order valence-electron chi connectivity index (χ2n) is 8.40. The van der Waals surface area contributed by atoms with Gasteiger partial charge in [0.2, 0.25) is 11.8 Å². The molecule has 0 bridgehead atoms. The van der Waals surface area contributed by atoms with Gasteiger partial charge in [-0.2, -0.15) is 5.10 Å². The molecule has 2 aliphatic heterocycles. The Balaban J connectivity index is 1.22. The lowest BCUT2D eigenvalue weighted by molar-refractivity contribution is -0.129. The highest BCUT2D eigenvalue weighted by Crippen LogP contribution is 2.29. The molecule has 176 valence electrons. The summed E-state index contributed by atoms with van der Waals surface area (Å²) in [4.78, 5) is 29.3. The largest absolute Gasteiger partial charge is 0.480 e. The normalized spacial score (nSPS) is 19.5. The van der Waals surface area contributed by atoms with Crippen LogP contribution in [0.2, 0.25) is 10.0 Å². The van der Waals surface area contributed by atoms with E-state index in [2.05, 4.69) is 20.4 Å². The van der Waals surface area contributed by atoms with Gasteiger partial charge in [-0.25, -0.2) is 0 Å². The maximum absolute atomic E-state index is 12.6. The Morgan fingerprint density at radius 2 is 1.85 bits per heavy atom. The molecular formula is C23H27Cl2N5O3. The third-order valence-corrected chi connectivity index (χ3v) is 7.17. The van der Waals surface area contributed by atoms with E-state index in [0.717, 1.165) is 38.0 Å². The van der Waals surface area contributed by atoms with Crippen molar-refractivity contribution in [1.29, 1.82) is 0 Å². The molecule has 1 aromatic heterocycles. The van der Waals surface area contributed by atoms with Crippen LogP contribution >= 0.6 is 23.2 Å². The number of ether oxygens (including phenoxy) is 1. The number of hydrogen-bond acceptors (Lipinski definition) is 6. The highest BCUT2D eigenvalue weighted by Gasteiger charge is 2.33. The molecule has 2 aliphatic rings. The number of carbonyl (C=O) groups is 2. The van der Waals surface area contributed by atoms with Crippen LogP contribution in [0.25, 0.3) is 0 Å². The first-order valence-electron chi connectivity index (χ1n) is 11.1. The SMILES string of the molecule is COc1ccc(C2CCN(C3CCN(C(=O)CNC(=O)c4ccc(Cl)c(Cl)c4)C3)CC2)nn1. The number of carbonyl (C=O) groups excluding carboxylic acids is 2. The van der Waals surface area contributed by atoms with Crippen LogP contribution in [0.1, 0.15) is 41.2 Å². The van der Waals surface area contributed by atoms with E-state index in [1.165, 1.54) is 6.07 Å². The van der Waals surface area contributed by atoms with Crippen molar-refractivity contribution in [1.82, 2.24) is 25.3 Å². The zero-order chi connectivity index (χ0) is 23.4. The lowest BCUT2D eigenvalue weighted by Crippen LogP contribution is -2.44. The topological polar surface area (TPSA) is 87.7 Å². The summed E-state index contributed by atoms with van der Waals surface area (Å²) in [7, 11) is 1.58. The quantitative estimate of drug-likeness (QED) is 0.667. The standard InChI is InChI=1S/C23H27Cl2N5O3/c1-33-21-5-4-20(27-28-21)15-6-9-29(10-7-15)17-8-11-30(14-17)22(31)13-26-23(32)16-2-3-18(24)19(25)12-16/h2-5,12,15,17H,6-11,13-14H2,1H3,(H,26,32).